The Hall–Kier alpha value is -1.85. The Labute approximate surface area is 93.7 Å². The van der Waals surface area contributed by atoms with Gasteiger partial charge in [-0.3, -0.25) is 9.59 Å². The summed E-state index contributed by atoms with van der Waals surface area (Å²) in [4.78, 5) is 32.5. The summed E-state index contributed by atoms with van der Waals surface area (Å²) >= 11 is 0. The van der Waals surface area contributed by atoms with Crippen LogP contribution in [0.5, 0.6) is 0 Å². The third-order valence-electron chi connectivity index (χ3n) is 1.68. The molecule has 0 fully saturated rings. The molecule has 6 heteroatoms. The summed E-state index contributed by atoms with van der Waals surface area (Å²) in [5, 5.41) is 13.2. The molecule has 0 aliphatic carbocycles. The molecular weight excluding hydrogens is 212 g/mol. The highest BCUT2D eigenvalue weighted by Gasteiger charge is 2.13. The van der Waals surface area contributed by atoms with Gasteiger partial charge in [-0.15, -0.1) is 0 Å². The molecule has 0 aliphatic heterocycles. The van der Waals surface area contributed by atoms with Crippen LogP contribution in [-0.4, -0.2) is 35.5 Å². The van der Waals surface area contributed by atoms with Crippen LogP contribution in [0.4, 0.5) is 0 Å². The molecule has 0 radical (unpaired) electrons. The summed E-state index contributed by atoms with van der Waals surface area (Å²) in [7, 11) is 0. The second-order valence-electron chi connectivity index (χ2n) is 3.19. The van der Waals surface area contributed by atoms with Gasteiger partial charge in [-0.2, -0.15) is 0 Å². The molecule has 0 aliphatic rings. The van der Waals surface area contributed by atoms with E-state index in [1.165, 1.54) is 6.92 Å². The smallest absolute Gasteiger partial charge is 0.328 e. The highest BCUT2D eigenvalue weighted by molar-refractivity contribution is 5.96. The predicted octanol–water partition coefficient (Wildman–Crippen LogP) is -0.342. The lowest BCUT2D eigenvalue weighted by Crippen LogP contribution is -2.44. The van der Waals surface area contributed by atoms with Crippen molar-refractivity contribution < 1.29 is 19.5 Å². The number of hydrogen-bond donors (Lipinski definition) is 3. The van der Waals surface area contributed by atoms with Gasteiger partial charge in [-0.05, 0) is 13.3 Å². The lowest BCUT2D eigenvalue weighted by Gasteiger charge is -2.12. The molecule has 0 aromatic carbocycles. The molecular formula is C10H16N2O4. The van der Waals surface area contributed by atoms with E-state index >= 15 is 0 Å². The summed E-state index contributed by atoms with van der Waals surface area (Å²) in [5.74, 6) is -2.11. The van der Waals surface area contributed by atoms with Gasteiger partial charge in [0, 0.05) is 18.7 Å². The van der Waals surface area contributed by atoms with Gasteiger partial charge in [0.15, 0.2) is 0 Å². The standard InChI is InChI=1S/C10H16N2O4/c1-3-6-11-10(16)7(2)12-8(13)4-5-9(14)15/h4-5,7H,3,6H2,1-2H3,(H,11,16)(H,12,13)(H,14,15)/b5-4+. The number of carboxylic acids is 1. The quantitative estimate of drug-likeness (QED) is 0.542. The van der Waals surface area contributed by atoms with E-state index in [1.54, 1.807) is 0 Å². The molecule has 0 spiro atoms. The second kappa shape index (κ2) is 7.44. The number of carbonyl (C=O) groups excluding carboxylic acids is 2. The minimum Gasteiger partial charge on any atom is -0.478 e. The van der Waals surface area contributed by atoms with Gasteiger partial charge in [0.25, 0.3) is 0 Å². The summed E-state index contributed by atoms with van der Waals surface area (Å²) in [5.41, 5.74) is 0. The Morgan fingerprint density at radius 1 is 1.31 bits per heavy atom. The van der Waals surface area contributed by atoms with E-state index < -0.39 is 17.9 Å². The van der Waals surface area contributed by atoms with E-state index in [0.29, 0.717) is 12.6 Å². The largest absolute Gasteiger partial charge is 0.478 e. The molecule has 6 nitrogen and oxygen atoms in total. The Kier molecular flexibility index (Phi) is 6.58. The maximum atomic E-state index is 11.3. The number of carbonyl (C=O) groups is 3. The van der Waals surface area contributed by atoms with Crippen LogP contribution in [0.3, 0.4) is 0 Å². The molecule has 0 aromatic rings. The van der Waals surface area contributed by atoms with Gasteiger partial charge in [-0.1, -0.05) is 6.92 Å². The summed E-state index contributed by atoms with van der Waals surface area (Å²) in [6.07, 6.45) is 2.39. The minimum absolute atomic E-state index is 0.293. The number of nitrogens with one attached hydrogen (secondary N) is 2. The fraction of sp³-hybridized carbons (Fsp3) is 0.500. The Balaban J connectivity index is 4.03. The van der Waals surface area contributed by atoms with Gasteiger partial charge in [0.2, 0.25) is 11.8 Å². The van der Waals surface area contributed by atoms with E-state index in [1.807, 2.05) is 6.92 Å². The summed E-state index contributed by atoms with van der Waals surface area (Å²) in [6, 6.07) is -0.683. The molecule has 3 N–H and O–H groups in total. The lowest BCUT2D eigenvalue weighted by molar-refractivity contribution is -0.131. The van der Waals surface area contributed by atoms with Crippen molar-refractivity contribution >= 4 is 17.8 Å². The average molecular weight is 228 g/mol. The van der Waals surface area contributed by atoms with E-state index in [-0.39, 0.29) is 5.91 Å². The van der Waals surface area contributed by atoms with Crippen molar-refractivity contribution in [1.82, 2.24) is 10.6 Å². The maximum absolute atomic E-state index is 11.3. The van der Waals surface area contributed by atoms with Crippen LogP contribution in [0.25, 0.3) is 0 Å². The van der Waals surface area contributed by atoms with Gasteiger partial charge in [0.05, 0.1) is 0 Å². The molecule has 16 heavy (non-hydrogen) atoms. The normalized spacial score (nSPS) is 12.1. The van der Waals surface area contributed by atoms with Crippen molar-refractivity contribution in [2.24, 2.45) is 0 Å². The first kappa shape index (κ1) is 14.2. The molecule has 0 heterocycles. The van der Waals surface area contributed by atoms with Crippen LogP contribution in [-0.2, 0) is 14.4 Å². The third-order valence-corrected chi connectivity index (χ3v) is 1.68. The van der Waals surface area contributed by atoms with Gasteiger partial charge >= 0.3 is 5.97 Å². The number of carboxylic acid groups (broad SMARTS) is 1. The Bertz CT molecular complexity index is 299. The number of aliphatic carboxylic acids is 1. The SMILES string of the molecule is CCCNC(=O)C(C)NC(=O)/C=C/C(=O)O. The van der Waals surface area contributed by atoms with Crippen LogP contribution in [0.15, 0.2) is 12.2 Å². The molecule has 0 bridgehead atoms. The summed E-state index contributed by atoms with van der Waals surface area (Å²) in [6.45, 7) is 3.99. The zero-order valence-corrected chi connectivity index (χ0v) is 9.32. The fourth-order valence-electron chi connectivity index (χ4n) is 0.875. The van der Waals surface area contributed by atoms with Crippen molar-refractivity contribution in [3.63, 3.8) is 0 Å². The first-order valence-corrected chi connectivity index (χ1v) is 4.96. The molecule has 0 aromatic heterocycles. The molecule has 90 valence electrons. The van der Waals surface area contributed by atoms with E-state index in [0.717, 1.165) is 12.5 Å². The molecule has 1 atom stereocenters. The highest BCUT2D eigenvalue weighted by Crippen LogP contribution is 1.84. The second-order valence-corrected chi connectivity index (χ2v) is 3.19. The van der Waals surface area contributed by atoms with Crippen molar-refractivity contribution in [2.75, 3.05) is 6.54 Å². The Morgan fingerprint density at radius 3 is 2.44 bits per heavy atom. The zero-order valence-electron chi connectivity index (χ0n) is 9.32. The molecule has 0 saturated heterocycles. The van der Waals surface area contributed by atoms with Crippen LogP contribution >= 0.6 is 0 Å². The Morgan fingerprint density at radius 2 is 1.94 bits per heavy atom. The van der Waals surface area contributed by atoms with Gasteiger partial charge in [0.1, 0.15) is 6.04 Å². The first-order chi connectivity index (χ1) is 7.47. The van der Waals surface area contributed by atoms with Gasteiger partial charge in [-0.25, -0.2) is 4.79 Å². The molecule has 0 saturated carbocycles. The predicted molar refractivity (Wildman–Crippen MR) is 57.7 cm³/mol. The number of rotatable bonds is 6. The first-order valence-electron chi connectivity index (χ1n) is 4.96. The van der Waals surface area contributed by atoms with Crippen molar-refractivity contribution in [2.45, 2.75) is 26.3 Å². The van der Waals surface area contributed by atoms with Crippen molar-refractivity contribution in [3.8, 4) is 0 Å². The van der Waals surface area contributed by atoms with Gasteiger partial charge < -0.3 is 15.7 Å². The molecule has 1 unspecified atom stereocenters. The van der Waals surface area contributed by atoms with Crippen LogP contribution in [0, 0.1) is 0 Å². The molecule has 0 rings (SSSR count). The number of hydrogen-bond acceptors (Lipinski definition) is 3. The van der Waals surface area contributed by atoms with Crippen molar-refractivity contribution in [3.05, 3.63) is 12.2 Å². The van der Waals surface area contributed by atoms with E-state index in [2.05, 4.69) is 10.6 Å². The zero-order chi connectivity index (χ0) is 12.6. The van der Waals surface area contributed by atoms with E-state index in [9.17, 15) is 14.4 Å². The van der Waals surface area contributed by atoms with Crippen molar-refractivity contribution in [1.29, 1.82) is 0 Å². The van der Waals surface area contributed by atoms with E-state index in [4.69, 9.17) is 5.11 Å². The molecule has 2 amide bonds. The topological polar surface area (TPSA) is 95.5 Å². The van der Waals surface area contributed by atoms with Crippen LogP contribution < -0.4 is 10.6 Å². The minimum atomic E-state index is -1.21. The average Bonchev–Trinajstić information content (AvgIpc) is 2.22. The third kappa shape index (κ3) is 6.58. The monoisotopic (exact) mass is 228 g/mol. The summed E-state index contributed by atoms with van der Waals surface area (Å²) < 4.78 is 0. The van der Waals surface area contributed by atoms with Crippen LogP contribution in [0.1, 0.15) is 20.3 Å². The van der Waals surface area contributed by atoms with Crippen LogP contribution in [0.2, 0.25) is 0 Å². The maximum Gasteiger partial charge on any atom is 0.328 e. The number of amides is 2. The highest BCUT2D eigenvalue weighted by atomic mass is 16.4. The lowest BCUT2D eigenvalue weighted by atomic mass is 10.3. The fourth-order valence-corrected chi connectivity index (χ4v) is 0.875.